The van der Waals surface area contributed by atoms with Crippen molar-refractivity contribution in [3.05, 3.63) is 66.8 Å². The lowest BCUT2D eigenvalue weighted by atomic mass is 9.99. The van der Waals surface area contributed by atoms with Crippen LogP contribution in [-0.2, 0) is 35.6 Å². The van der Waals surface area contributed by atoms with Crippen molar-refractivity contribution in [2.45, 2.75) is 48.8 Å². The first-order valence-electron chi connectivity index (χ1n) is 12.3. The highest BCUT2D eigenvalue weighted by Crippen LogP contribution is 2.23. The molecule has 3 atom stereocenters. The van der Waals surface area contributed by atoms with Gasteiger partial charge in [-0.15, -0.1) is 0 Å². The molecule has 0 bridgehead atoms. The van der Waals surface area contributed by atoms with Crippen LogP contribution in [0.2, 0.25) is 0 Å². The molecule has 2 unspecified atom stereocenters. The van der Waals surface area contributed by atoms with Gasteiger partial charge in [0, 0.05) is 36.3 Å². The number of para-hydroxylation sites is 1. The Morgan fingerprint density at radius 1 is 1.18 bits per heavy atom. The molecule has 1 radical (unpaired) electrons. The van der Waals surface area contributed by atoms with E-state index in [1.807, 2.05) is 24.3 Å². The van der Waals surface area contributed by atoms with Crippen molar-refractivity contribution < 1.29 is 27.6 Å². The number of ketones is 2. The van der Waals surface area contributed by atoms with Crippen molar-refractivity contribution in [3.63, 3.8) is 0 Å². The van der Waals surface area contributed by atoms with Crippen LogP contribution >= 0.6 is 0 Å². The van der Waals surface area contributed by atoms with Gasteiger partial charge in [-0.25, -0.2) is 13.4 Å². The molecule has 0 spiro atoms. The van der Waals surface area contributed by atoms with E-state index in [-0.39, 0.29) is 43.0 Å². The summed E-state index contributed by atoms with van der Waals surface area (Å²) in [7, 11) is -4.31. The normalized spacial score (nSPS) is 19.4. The van der Waals surface area contributed by atoms with Crippen LogP contribution in [0.5, 0.6) is 0 Å². The molecule has 3 heterocycles. The third-order valence-corrected chi connectivity index (χ3v) is 8.37. The lowest BCUT2D eigenvalue weighted by molar-refractivity contribution is -0.134. The minimum absolute atomic E-state index is 0.0739. The molecule has 39 heavy (non-hydrogen) atoms. The summed E-state index contributed by atoms with van der Waals surface area (Å²) < 4.78 is 27.0. The first-order valence-corrected chi connectivity index (χ1v) is 13.8. The van der Waals surface area contributed by atoms with Crippen molar-refractivity contribution in [3.8, 4) is 0 Å². The molecular formula is C26H29N6O6S. The van der Waals surface area contributed by atoms with Gasteiger partial charge in [-0.05, 0) is 43.0 Å². The van der Waals surface area contributed by atoms with Crippen LogP contribution in [0.15, 0.2) is 59.9 Å². The molecule has 0 saturated carbocycles. The van der Waals surface area contributed by atoms with Gasteiger partial charge in [0.2, 0.25) is 11.8 Å². The Labute approximate surface area is 225 Å². The summed E-state index contributed by atoms with van der Waals surface area (Å²) in [5.41, 5.74) is 13.3. The van der Waals surface area contributed by atoms with Crippen LogP contribution < -0.4 is 16.8 Å². The minimum atomic E-state index is -4.31. The number of sulfonamides is 1. The van der Waals surface area contributed by atoms with Gasteiger partial charge in [-0.1, -0.05) is 24.3 Å². The van der Waals surface area contributed by atoms with Gasteiger partial charge in [0.1, 0.15) is 0 Å². The van der Waals surface area contributed by atoms with E-state index in [2.05, 4.69) is 15.3 Å². The number of fused-ring (bicyclic) bond motifs is 1. The highest BCUT2D eigenvalue weighted by molar-refractivity contribution is 7.89. The van der Waals surface area contributed by atoms with E-state index in [1.165, 1.54) is 24.4 Å². The summed E-state index contributed by atoms with van der Waals surface area (Å²) in [6, 6.07) is 8.00. The van der Waals surface area contributed by atoms with E-state index in [0.29, 0.717) is 0 Å². The van der Waals surface area contributed by atoms with Gasteiger partial charge in [-0.3, -0.25) is 19.2 Å². The molecule has 1 saturated heterocycles. The van der Waals surface area contributed by atoms with E-state index in [4.69, 9.17) is 11.5 Å². The van der Waals surface area contributed by atoms with Crippen LogP contribution in [0.25, 0.3) is 10.9 Å². The number of carbonyl (C=O) groups excluding carboxylic acids is 4. The molecular weight excluding hydrogens is 524 g/mol. The molecule has 1 fully saturated rings. The Morgan fingerprint density at radius 2 is 1.92 bits per heavy atom. The van der Waals surface area contributed by atoms with Crippen LogP contribution in [-0.4, -0.2) is 70.7 Å². The topological polar surface area (TPSA) is 198 Å². The Morgan fingerprint density at radius 3 is 2.64 bits per heavy atom. The zero-order valence-corrected chi connectivity index (χ0v) is 21.8. The number of aromatic nitrogens is 2. The average molecular weight is 554 g/mol. The molecule has 0 aliphatic carbocycles. The van der Waals surface area contributed by atoms with Crippen LogP contribution in [0.3, 0.4) is 0 Å². The summed E-state index contributed by atoms with van der Waals surface area (Å²) >= 11 is 0. The molecule has 205 valence electrons. The van der Waals surface area contributed by atoms with E-state index in [0.717, 1.165) is 27.2 Å². The zero-order valence-electron chi connectivity index (χ0n) is 20.9. The highest BCUT2D eigenvalue weighted by Gasteiger charge is 2.44. The van der Waals surface area contributed by atoms with Gasteiger partial charge in [-0.2, -0.15) is 4.31 Å². The van der Waals surface area contributed by atoms with Crippen molar-refractivity contribution in [1.29, 1.82) is 0 Å². The molecule has 1 aliphatic heterocycles. The second-order valence-corrected chi connectivity index (χ2v) is 11.1. The van der Waals surface area contributed by atoms with Crippen molar-refractivity contribution in [2.24, 2.45) is 11.5 Å². The number of hydrogen-bond donors (Lipinski definition) is 4. The first kappa shape index (κ1) is 28.1. The lowest BCUT2D eigenvalue weighted by Gasteiger charge is -2.26. The zero-order chi connectivity index (χ0) is 28.2. The summed E-state index contributed by atoms with van der Waals surface area (Å²) in [5.74, 6) is -3.11. The number of nitrogens with zero attached hydrogens (tertiary/aromatic N) is 2. The van der Waals surface area contributed by atoms with Gasteiger partial charge in [0.25, 0.3) is 10.0 Å². The maximum Gasteiger partial charge on any atom is 0.261 e. The number of Topliss-reactive ketones (excluding diaryl/α,β-unsaturated/α-hetero) is 2. The predicted octanol–water partition coefficient (Wildman–Crippen LogP) is -0.0113. The number of amides is 2. The molecule has 6 N–H and O–H groups in total. The van der Waals surface area contributed by atoms with E-state index < -0.39 is 45.7 Å². The van der Waals surface area contributed by atoms with E-state index in [9.17, 15) is 27.6 Å². The summed E-state index contributed by atoms with van der Waals surface area (Å²) in [5, 5.41) is 3.11. The van der Waals surface area contributed by atoms with Crippen molar-refractivity contribution >= 4 is 44.3 Å². The fourth-order valence-electron chi connectivity index (χ4n) is 4.59. The molecule has 1 aromatic carbocycles. The Kier molecular flexibility index (Phi) is 8.53. The maximum atomic E-state index is 13.2. The van der Waals surface area contributed by atoms with E-state index in [1.54, 1.807) is 6.20 Å². The standard InChI is InChI=1S/C26H29N6O6S/c27-18(14-16-15-30-19-7-2-1-6-17(16)19)21(33)10-11-22(34)31-20-8-5-13-32(24(25(20)35)26(28)36)39(37,38)23-9-3-4-12-29-23/h1-4,6-7,9,11-12,15,18,20,24,30H,5,8,10,13-14,27H2,(H2,28,36)(H,31,34)/t18?,20-,24?/m0/s1. The van der Waals surface area contributed by atoms with Gasteiger partial charge in [0.15, 0.2) is 22.6 Å². The first-order chi connectivity index (χ1) is 18.6. The molecule has 3 aromatic rings. The summed E-state index contributed by atoms with van der Waals surface area (Å²) in [6.45, 7) is -0.171. The molecule has 1 aliphatic rings. The number of nitrogens with two attached hydrogens (primary N) is 2. The number of hydrogen-bond acceptors (Lipinski definition) is 8. The number of nitrogens with one attached hydrogen (secondary N) is 2. The van der Waals surface area contributed by atoms with Crippen molar-refractivity contribution in [1.82, 2.24) is 19.6 Å². The third kappa shape index (κ3) is 6.21. The predicted molar refractivity (Wildman–Crippen MR) is 141 cm³/mol. The van der Waals surface area contributed by atoms with Gasteiger partial charge < -0.3 is 21.8 Å². The number of pyridine rings is 1. The summed E-state index contributed by atoms with van der Waals surface area (Å²) in [6.07, 6.45) is 4.40. The highest BCUT2D eigenvalue weighted by atomic mass is 32.2. The van der Waals surface area contributed by atoms with Gasteiger partial charge >= 0.3 is 0 Å². The fraction of sp³-hybridized carbons (Fsp3) is 0.308. The second-order valence-electron chi connectivity index (χ2n) is 9.24. The average Bonchev–Trinajstić information content (AvgIpc) is 3.24. The van der Waals surface area contributed by atoms with Crippen LogP contribution in [0.1, 0.15) is 24.8 Å². The number of rotatable bonds is 10. The molecule has 2 aromatic heterocycles. The maximum absolute atomic E-state index is 13.2. The number of H-pyrrole nitrogens is 1. The van der Waals surface area contributed by atoms with E-state index >= 15 is 0 Å². The molecule has 12 nitrogen and oxygen atoms in total. The monoisotopic (exact) mass is 553 g/mol. The minimum Gasteiger partial charge on any atom is -0.368 e. The Bertz CT molecular complexity index is 1490. The fourth-order valence-corrected chi connectivity index (χ4v) is 6.13. The number of primary amides is 1. The number of carbonyl (C=O) groups is 4. The Balaban J connectivity index is 1.37. The smallest absolute Gasteiger partial charge is 0.261 e. The number of aromatic amines is 1. The lowest BCUT2D eigenvalue weighted by Crippen LogP contribution is -2.56. The molecule has 2 amide bonds. The summed E-state index contributed by atoms with van der Waals surface area (Å²) in [4.78, 5) is 57.6. The Hall–Kier alpha value is -3.94. The number of benzene rings is 1. The largest absolute Gasteiger partial charge is 0.368 e. The second kappa shape index (κ2) is 11.8. The van der Waals surface area contributed by atoms with Crippen LogP contribution in [0.4, 0.5) is 0 Å². The third-order valence-electron chi connectivity index (χ3n) is 6.59. The molecule has 4 rings (SSSR count). The molecule has 13 heteroatoms. The van der Waals surface area contributed by atoms with Crippen LogP contribution in [0, 0.1) is 6.42 Å². The SMILES string of the molecule is NC(=O)C1C(=O)[C@@H](NC(=O)[CH]CC(=O)C(N)Cc2c[nH]c3ccccc23)CCCN1S(=O)(=O)c1ccccn1. The van der Waals surface area contributed by atoms with Gasteiger partial charge in [0.05, 0.1) is 18.5 Å². The quantitative estimate of drug-likeness (QED) is 0.251. The van der Waals surface area contributed by atoms with Crippen molar-refractivity contribution in [2.75, 3.05) is 6.54 Å².